The Labute approximate surface area is 109 Å². The molecule has 0 radical (unpaired) electrons. The number of para-hydroxylation sites is 1. The molecule has 2 aromatic rings. The van der Waals surface area contributed by atoms with Gasteiger partial charge in [-0.3, -0.25) is 8.78 Å². The zero-order valence-electron chi connectivity index (χ0n) is 10.2. The van der Waals surface area contributed by atoms with E-state index >= 15 is 0 Å². The van der Waals surface area contributed by atoms with E-state index in [1.165, 1.54) is 0 Å². The summed E-state index contributed by atoms with van der Waals surface area (Å²) in [7, 11) is -1.18. The van der Waals surface area contributed by atoms with Gasteiger partial charge in [0.15, 0.2) is 0 Å². The number of hydrogen-bond donors (Lipinski definition) is 1. The Hall–Kier alpha value is -1.46. The second kappa shape index (κ2) is 5.93. The van der Waals surface area contributed by atoms with E-state index in [4.69, 9.17) is 5.11 Å². The first-order valence-electron chi connectivity index (χ1n) is 5.82. The third kappa shape index (κ3) is 2.68. The summed E-state index contributed by atoms with van der Waals surface area (Å²) >= 11 is 0. The summed E-state index contributed by atoms with van der Waals surface area (Å²) in [5.74, 6) is 0.430. The number of aliphatic hydroxyl groups excluding tert-OH is 1. The van der Waals surface area contributed by atoms with Crippen LogP contribution in [0.2, 0.25) is 0 Å². The van der Waals surface area contributed by atoms with Crippen molar-refractivity contribution in [2.75, 3.05) is 12.4 Å². The van der Waals surface area contributed by atoms with Crippen molar-refractivity contribution in [3.05, 3.63) is 42.2 Å². The lowest BCUT2D eigenvalue weighted by Crippen LogP contribution is -2.08. The van der Waals surface area contributed by atoms with Gasteiger partial charge in [-0.25, -0.2) is 4.98 Å². The van der Waals surface area contributed by atoms with Gasteiger partial charge in [0.05, 0.1) is 16.5 Å². The largest absolute Gasteiger partial charge is 0.396 e. The second-order valence-corrected chi connectivity index (χ2v) is 5.46. The van der Waals surface area contributed by atoms with E-state index in [1.54, 1.807) is 6.20 Å². The van der Waals surface area contributed by atoms with Crippen molar-refractivity contribution >= 4 is 10.8 Å². The van der Waals surface area contributed by atoms with E-state index < -0.39 is 10.8 Å². The fraction of sp³-hybridized carbons (Fsp3) is 0.308. The fourth-order valence-electron chi connectivity index (χ4n) is 1.76. The van der Waals surface area contributed by atoms with Crippen molar-refractivity contribution in [3.8, 4) is 5.69 Å². The Kier molecular flexibility index (Phi) is 4.28. The van der Waals surface area contributed by atoms with Crippen LogP contribution in [-0.2, 0) is 10.8 Å². The Morgan fingerprint density at radius 1 is 1.39 bits per heavy atom. The molecule has 0 aliphatic rings. The molecule has 0 fully saturated rings. The number of imidazole rings is 1. The molecular formula is C13H16N2O2S. The minimum Gasteiger partial charge on any atom is -0.396 e. The maximum absolute atomic E-state index is 12.1. The van der Waals surface area contributed by atoms with Gasteiger partial charge < -0.3 is 5.11 Å². The summed E-state index contributed by atoms with van der Waals surface area (Å²) in [5.41, 5.74) is 2.10. The molecule has 1 N–H and O–H groups in total. The highest BCUT2D eigenvalue weighted by Gasteiger charge is 2.12. The molecule has 4 nitrogen and oxygen atoms in total. The van der Waals surface area contributed by atoms with Gasteiger partial charge in [0, 0.05) is 24.8 Å². The molecule has 5 heteroatoms. The number of nitrogens with zero attached hydrogens (tertiary/aromatic N) is 2. The maximum atomic E-state index is 12.1. The SMILES string of the molecule is Cc1ccccc1-n1ccnc1[S@@](=O)CCCO. The third-order valence-corrected chi connectivity index (χ3v) is 4.04. The Morgan fingerprint density at radius 3 is 2.89 bits per heavy atom. The maximum Gasteiger partial charge on any atom is 0.203 e. The highest BCUT2D eigenvalue weighted by molar-refractivity contribution is 7.84. The van der Waals surface area contributed by atoms with Gasteiger partial charge in [-0.1, -0.05) is 18.2 Å². The molecule has 1 aromatic heterocycles. The number of hydrogen-bond acceptors (Lipinski definition) is 3. The molecule has 1 heterocycles. The molecule has 1 aromatic carbocycles. The molecule has 0 aliphatic heterocycles. The molecule has 0 amide bonds. The lowest BCUT2D eigenvalue weighted by Gasteiger charge is -2.09. The van der Waals surface area contributed by atoms with Crippen LogP contribution in [0.4, 0.5) is 0 Å². The molecular weight excluding hydrogens is 248 g/mol. The van der Waals surface area contributed by atoms with Crippen LogP contribution in [0.15, 0.2) is 41.8 Å². The van der Waals surface area contributed by atoms with Crippen LogP contribution in [0.3, 0.4) is 0 Å². The summed E-state index contributed by atoms with van der Waals surface area (Å²) in [6, 6.07) is 7.90. The zero-order chi connectivity index (χ0) is 13.0. The average molecular weight is 264 g/mol. The minimum atomic E-state index is -1.18. The number of benzene rings is 1. The number of aryl methyl sites for hydroxylation is 1. The van der Waals surface area contributed by atoms with E-state index in [-0.39, 0.29) is 6.61 Å². The molecule has 0 saturated carbocycles. The van der Waals surface area contributed by atoms with Crippen LogP contribution in [0.1, 0.15) is 12.0 Å². The second-order valence-electron chi connectivity index (χ2n) is 3.99. The van der Waals surface area contributed by atoms with Crippen molar-refractivity contribution in [3.63, 3.8) is 0 Å². The first-order valence-corrected chi connectivity index (χ1v) is 7.14. The lowest BCUT2D eigenvalue weighted by atomic mass is 10.2. The molecule has 96 valence electrons. The summed E-state index contributed by atoms with van der Waals surface area (Å²) in [6.07, 6.45) is 3.99. The standard InChI is InChI=1S/C13H16N2O2S/c1-11-5-2-3-6-12(11)15-8-7-14-13(15)18(17)10-4-9-16/h2-3,5-8,16H,4,9-10H2,1H3/t18-/m0/s1. The van der Waals surface area contributed by atoms with E-state index in [0.29, 0.717) is 17.3 Å². The van der Waals surface area contributed by atoms with Crippen molar-refractivity contribution in [1.29, 1.82) is 0 Å². The van der Waals surface area contributed by atoms with Crippen LogP contribution < -0.4 is 0 Å². The van der Waals surface area contributed by atoms with E-state index in [1.807, 2.05) is 42.0 Å². The number of aromatic nitrogens is 2. The van der Waals surface area contributed by atoms with Gasteiger partial charge >= 0.3 is 0 Å². The Balaban J connectivity index is 2.34. The Morgan fingerprint density at radius 2 is 2.17 bits per heavy atom. The molecule has 0 aliphatic carbocycles. The smallest absolute Gasteiger partial charge is 0.203 e. The predicted octanol–water partition coefficient (Wildman–Crippen LogP) is 1.67. The van der Waals surface area contributed by atoms with Gasteiger partial charge in [0.25, 0.3) is 0 Å². The van der Waals surface area contributed by atoms with Crippen LogP contribution >= 0.6 is 0 Å². The lowest BCUT2D eigenvalue weighted by molar-refractivity contribution is 0.296. The quantitative estimate of drug-likeness (QED) is 0.893. The normalized spacial score (nSPS) is 12.6. The van der Waals surface area contributed by atoms with Crippen LogP contribution in [0.5, 0.6) is 0 Å². The highest BCUT2D eigenvalue weighted by atomic mass is 32.2. The zero-order valence-corrected chi connectivity index (χ0v) is 11.1. The first-order chi connectivity index (χ1) is 8.74. The fourth-order valence-corrected chi connectivity index (χ4v) is 2.89. The van der Waals surface area contributed by atoms with Crippen LogP contribution in [0.25, 0.3) is 5.69 Å². The van der Waals surface area contributed by atoms with Crippen molar-refractivity contribution in [2.24, 2.45) is 0 Å². The molecule has 0 bridgehead atoms. The molecule has 0 unspecified atom stereocenters. The third-order valence-electron chi connectivity index (χ3n) is 2.67. The average Bonchev–Trinajstić information content (AvgIpc) is 2.85. The summed E-state index contributed by atoms with van der Waals surface area (Å²) in [5, 5.41) is 9.32. The van der Waals surface area contributed by atoms with Crippen molar-refractivity contribution in [1.82, 2.24) is 9.55 Å². The van der Waals surface area contributed by atoms with Gasteiger partial charge in [-0.2, -0.15) is 0 Å². The van der Waals surface area contributed by atoms with Gasteiger partial charge in [0.2, 0.25) is 5.16 Å². The van der Waals surface area contributed by atoms with Gasteiger partial charge in [-0.05, 0) is 25.0 Å². The van der Waals surface area contributed by atoms with E-state index in [2.05, 4.69) is 4.98 Å². The van der Waals surface area contributed by atoms with E-state index in [9.17, 15) is 4.21 Å². The molecule has 2 rings (SSSR count). The molecule has 1 atom stereocenters. The first kappa shape index (κ1) is 13.0. The summed E-state index contributed by atoms with van der Waals surface area (Å²) in [6.45, 7) is 2.06. The molecule has 0 saturated heterocycles. The van der Waals surface area contributed by atoms with Crippen LogP contribution in [0, 0.1) is 6.92 Å². The van der Waals surface area contributed by atoms with E-state index in [0.717, 1.165) is 11.3 Å². The topological polar surface area (TPSA) is 55.1 Å². The van der Waals surface area contributed by atoms with Crippen molar-refractivity contribution < 1.29 is 9.32 Å². The molecule has 0 spiro atoms. The number of aliphatic hydroxyl groups is 1. The minimum absolute atomic E-state index is 0.0524. The van der Waals surface area contributed by atoms with Crippen molar-refractivity contribution in [2.45, 2.75) is 18.5 Å². The monoisotopic (exact) mass is 264 g/mol. The number of rotatable bonds is 5. The van der Waals surface area contributed by atoms with Gasteiger partial charge in [-0.15, -0.1) is 0 Å². The van der Waals surface area contributed by atoms with Gasteiger partial charge in [0.1, 0.15) is 0 Å². The highest BCUT2D eigenvalue weighted by Crippen LogP contribution is 2.17. The Bertz CT molecular complexity index is 551. The predicted molar refractivity (Wildman–Crippen MR) is 71.3 cm³/mol. The summed E-state index contributed by atoms with van der Waals surface area (Å²) in [4.78, 5) is 4.17. The molecule has 18 heavy (non-hydrogen) atoms. The summed E-state index contributed by atoms with van der Waals surface area (Å²) < 4.78 is 13.9. The van der Waals surface area contributed by atoms with Crippen LogP contribution in [-0.4, -0.2) is 31.2 Å².